The maximum absolute atomic E-state index is 12.5. The predicted molar refractivity (Wildman–Crippen MR) is 52.8 cm³/mol. The molecule has 1 N–H and O–H groups in total. The lowest BCUT2D eigenvalue weighted by atomic mass is 10.1. The van der Waals surface area contributed by atoms with E-state index in [4.69, 9.17) is 5.11 Å². The Morgan fingerprint density at radius 1 is 1.31 bits per heavy atom. The maximum Gasteiger partial charge on any atom is 0.417 e. The van der Waals surface area contributed by atoms with E-state index < -0.39 is 17.5 Å². The van der Waals surface area contributed by atoms with Gasteiger partial charge in [-0.25, -0.2) is 0 Å². The number of aldehydes is 1. The number of halogens is 3. The first-order chi connectivity index (χ1) is 7.45. The van der Waals surface area contributed by atoms with Crippen molar-refractivity contribution < 1.29 is 23.1 Å². The van der Waals surface area contributed by atoms with E-state index in [9.17, 15) is 18.0 Å². The first-order valence-corrected chi connectivity index (χ1v) is 4.45. The van der Waals surface area contributed by atoms with E-state index >= 15 is 0 Å². The number of carbonyl (C=O) groups is 1. The van der Waals surface area contributed by atoms with Gasteiger partial charge in [0.2, 0.25) is 0 Å². The zero-order chi connectivity index (χ0) is 12.2. The molecule has 5 heteroatoms. The quantitative estimate of drug-likeness (QED) is 0.810. The Balaban J connectivity index is 3.13. The Bertz CT molecular complexity index is 408. The third-order valence-electron chi connectivity index (χ3n) is 1.87. The second-order valence-electron chi connectivity index (χ2n) is 3.07. The van der Waals surface area contributed by atoms with Crippen LogP contribution in [0.3, 0.4) is 0 Å². The van der Waals surface area contributed by atoms with Gasteiger partial charge in [0.25, 0.3) is 0 Å². The summed E-state index contributed by atoms with van der Waals surface area (Å²) in [5.41, 5.74) is -0.998. The van der Waals surface area contributed by atoms with Gasteiger partial charge in [0, 0.05) is 6.42 Å². The highest BCUT2D eigenvalue weighted by Crippen LogP contribution is 2.34. The summed E-state index contributed by atoms with van der Waals surface area (Å²) in [6.45, 7) is 0. The van der Waals surface area contributed by atoms with E-state index in [0.29, 0.717) is 12.4 Å². The lowest BCUT2D eigenvalue weighted by molar-refractivity contribution is -0.137. The summed E-state index contributed by atoms with van der Waals surface area (Å²) in [7, 11) is 0. The summed E-state index contributed by atoms with van der Waals surface area (Å²) >= 11 is 0. The summed E-state index contributed by atoms with van der Waals surface area (Å²) in [5, 5.41) is 8.99. The first kappa shape index (κ1) is 12.3. The van der Waals surface area contributed by atoms with Gasteiger partial charge in [-0.1, -0.05) is 18.2 Å². The van der Waals surface area contributed by atoms with Gasteiger partial charge in [-0.15, -0.1) is 0 Å². The standard InChI is InChI=1S/C11H9F3O2/c12-11(13,14)10-7-9(16)5-4-8(10)3-1-2-6-15/h1,3-7,16H,2H2. The molecule has 0 saturated carbocycles. The van der Waals surface area contributed by atoms with Gasteiger partial charge < -0.3 is 9.90 Å². The number of allylic oxidation sites excluding steroid dienone is 1. The maximum atomic E-state index is 12.5. The number of alkyl halides is 3. The number of carbonyl (C=O) groups excluding carboxylic acids is 1. The van der Waals surface area contributed by atoms with E-state index in [-0.39, 0.29) is 12.0 Å². The molecule has 86 valence electrons. The van der Waals surface area contributed by atoms with E-state index in [1.807, 2.05) is 0 Å². The fraction of sp³-hybridized carbons (Fsp3) is 0.182. The molecule has 0 aliphatic rings. The van der Waals surface area contributed by atoms with Gasteiger partial charge in [0.05, 0.1) is 5.56 Å². The van der Waals surface area contributed by atoms with Gasteiger partial charge in [-0.2, -0.15) is 13.2 Å². The normalized spacial score (nSPS) is 11.9. The smallest absolute Gasteiger partial charge is 0.417 e. The molecule has 0 amide bonds. The Hall–Kier alpha value is -1.78. The van der Waals surface area contributed by atoms with Crippen LogP contribution < -0.4 is 0 Å². The second kappa shape index (κ2) is 4.83. The van der Waals surface area contributed by atoms with E-state index in [1.165, 1.54) is 12.2 Å². The van der Waals surface area contributed by atoms with Crippen molar-refractivity contribution >= 4 is 12.4 Å². The molecule has 0 aliphatic heterocycles. The average molecular weight is 230 g/mol. The number of aromatic hydroxyl groups is 1. The molecule has 2 nitrogen and oxygen atoms in total. The molecule has 1 aromatic carbocycles. The molecule has 0 bridgehead atoms. The summed E-state index contributed by atoms with van der Waals surface area (Å²) < 4.78 is 37.6. The topological polar surface area (TPSA) is 37.3 Å². The molecule has 0 aliphatic carbocycles. The largest absolute Gasteiger partial charge is 0.508 e. The first-order valence-electron chi connectivity index (χ1n) is 4.45. The number of phenolic OH excluding ortho intramolecular Hbond substituents is 1. The molecule has 0 aromatic heterocycles. The van der Waals surface area contributed by atoms with Crippen LogP contribution in [0, 0.1) is 0 Å². The fourth-order valence-corrected chi connectivity index (χ4v) is 1.19. The monoisotopic (exact) mass is 230 g/mol. The Morgan fingerprint density at radius 3 is 2.56 bits per heavy atom. The number of rotatable bonds is 3. The molecule has 0 saturated heterocycles. The van der Waals surface area contributed by atoms with Gasteiger partial charge in [0.1, 0.15) is 12.0 Å². The van der Waals surface area contributed by atoms with Crippen LogP contribution in [-0.4, -0.2) is 11.4 Å². The van der Waals surface area contributed by atoms with Crippen LogP contribution >= 0.6 is 0 Å². The Labute approximate surface area is 90.0 Å². The summed E-state index contributed by atoms with van der Waals surface area (Å²) in [6, 6.07) is 2.97. The number of phenols is 1. The van der Waals surface area contributed by atoms with Crippen molar-refractivity contribution in [3.63, 3.8) is 0 Å². The Kier molecular flexibility index (Phi) is 3.71. The summed E-state index contributed by atoms with van der Waals surface area (Å²) in [4.78, 5) is 10.0. The number of benzene rings is 1. The van der Waals surface area contributed by atoms with Crippen molar-refractivity contribution in [3.05, 3.63) is 35.4 Å². The van der Waals surface area contributed by atoms with Gasteiger partial charge in [0.15, 0.2) is 0 Å². The van der Waals surface area contributed by atoms with Crippen molar-refractivity contribution in [2.75, 3.05) is 0 Å². The van der Waals surface area contributed by atoms with Crippen molar-refractivity contribution in [1.82, 2.24) is 0 Å². The molecule has 0 fully saturated rings. The second-order valence-corrected chi connectivity index (χ2v) is 3.07. The van der Waals surface area contributed by atoms with Crippen LogP contribution in [0.1, 0.15) is 17.5 Å². The van der Waals surface area contributed by atoms with E-state index in [1.54, 1.807) is 0 Å². The highest BCUT2D eigenvalue weighted by molar-refractivity contribution is 5.61. The molecule has 0 heterocycles. The van der Waals surface area contributed by atoms with Crippen molar-refractivity contribution in [1.29, 1.82) is 0 Å². The molecule has 0 spiro atoms. The van der Waals surface area contributed by atoms with Crippen LogP contribution in [0.4, 0.5) is 13.2 Å². The minimum absolute atomic E-state index is 0.0537. The van der Waals surface area contributed by atoms with E-state index in [2.05, 4.69) is 0 Å². The molecular formula is C11H9F3O2. The average Bonchev–Trinajstić information content (AvgIpc) is 2.19. The minimum atomic E-state index is -4.53. The minimum Gasteiger partial charge on any atom is -0.508 e. The van der Waals surface area contributed by atoms with Gasteiger partial charge >= 0.3 is 6.18 Å². The highest BCUT2D eigenvalue weighted by atomic mass is 19.4. The SMILES string of the molecule is O=CCC=Cc1ccc(O)cc1C(F)(F)F. The van der Waals surface area contributed by atoms with Crippen molar-refractivity contribution in [2.45, 2.75) is 12.6 Å². The highest BCUT2D eigenvalue weighted by Gasteiger charge is 2.33. The predicted octanol–water partition coefficient (Wildman–Crippen LogP) is 3.01. The molecule has 16 heavy (non-hydrogen) atoms. The third kappa shape index (κ3) is 3.12. The van der Waals surface area contributed by atoms with E-state index in [0.717, 1.165) is 12.1 Å². The Morgan fingerprint density at radius 2 is 2.00 bits per heavy atom. The molecule has 0 radical (unpaired) electrons. The van der Waals surface area contributed by atoms with Gasteiger partial charge in [-0.3, -0.25) is 0 Å². The van der Waals surface area contributed by atoms with Crippen LogP contribution in [0.5, 0.6) is 5.75 Å². The van der Waals surface area contributed by atoms with Crippen LogP contribution in [0.2, 0.25) is 0 Å². The number of hydrogen-bond donors (Lipinski definition) is 1. The lowest BCUT2D eigenvalue weighted by Gasteiger charge is -2.10. The number of hydrogen-bond acceptors (Lipinski definition) is 2. The van der Waals surface area contributed by atoms with Crippen molar-refractivity contribution in [3.8, 4) is 5.75 Å². The molecular weight excluding hydrogens is 221 g/mol. The van der Waals surface area contributed by atoms with Gasteiger partial charge in [-0.05, 0) is 17.7 Å². The van der Waals surface area contributed by atoms with Crippen LogP contribution in [0.25, 0.3) is 6.08 Å². The summed E-state index contributed by atoms with van der Waals surface area (Å²) in [6.07, 6.45) is -1.35. The zero-order valence-corrected chi connectivity index (χ0v) is 8.16. The zero-order valence-electron chi connectivity index (χ0n) is 8.16. The summed E-state index contributed by atoms with van der Waals surface area (Å²) in [5.74, 6) is -0.445. The fourth-order valence-electron chi connectivity index (χ4n) is 1.19. The molecule has 0 unspecified atom stereocenters. The van der Waals surface area contributed by atoms with Crippen LogP contribution in [-0.2, 0) is 11.0 Å². The lowest BCUT2D eigenvalue weighted by Crippen LogP contribution is -2.06. The third-order valence-corrected chi connectivity index (χ3v) is 1.87. The molecule has 1 rings (SSSR count). The van der Waals surface area contributed by atoms with Crippen LogP contribution in [0.15, 0.2) is 24.3 Å². The van der Waals surface area contributed by atoms with Crippen molar-refractivity contribution in [2.24, 2.45) is 0 Å². The molecule has 0 atom stereocenters. The molecule has 1 aromatic rings.